The molecule has 0 spiro atoms. The van der Waals surface area contributed by atoms with Gasteiger partial charge in [0.25, 0.3) is 5.56 Å². The lowest BCUT2D eigenvalue weighted by Crippen LogP contribution is -2.21. The Hall–Kier alpha value is -3.52. The average Bonchev–Trinajstić information content (AvgIpc) is 3.47. The molecule has 3 aromatic heterocycles. The van der Waals surface area contributed by atoms with E-state index in [2.05, 4.69) is 6.07 Å². The second kappa shape index (κ2) is 9.38. The summed E-state index contributed by atoms with van der Waals surface area (Å²) in [4.78, 5) is 18.4. The summed E-state index contributed by atoms with van der Waals surface area (Å²) in [5.74, 6) is 0.715. The van der Waals surface area contributed by atoms with Crippen molar-refractivity contribution in [1.29, 1.82) is 5.26 Å². The monoisotopic (exact) mass is 506 g/mol. The molecule has 0 aliphatic heterocycles. The highest BCUT2D eigenvalue weighted by atomic mass is 32.2. The zero-order chi connectivity index (χ0) is 23.7. The van der Waals surface area contributed by atoms with Crippen molar-refractivity contribution in [2.24, 2.45) is 0 Å². The fourth-order valence-corrected chi connectivity index (χ4v) is 5.75. The Kier molecular flexibility index (Phi) is 6.15. The minimum absolute atomic E-state index is 0.290. The molecule has 0 radical (unpaired) electrons. The van der Waals surface area contributed by atoms with Gasteiger partial charge in [0.2, 0.25) is 0 Å². The molecule has 0 bridgehead atoms. The highest BCUT2D eigenvalue weighted by Gasteiger charge is 2.19. The largest absolute Gasteiger partial charge is 0.467 e. The van der Waals surface area contributed by atoms with Gasteiger partial charge in [-0.25, -0.2) is 9.37 Å². The number of furan rings is 1. The lowest BCUT2D eigenvalue weighted by Gasteiger charge is -2.13. The molecule has 0 fully saturated rings. The number of nitriles is 1. The normalized spacial score (nSPS) is 11.1. The van der Waals surface area contributed by atoms with E-state index in [0.717, 1.165) is 5.56 Å². The first-order chi connectivity index (χ1) is 16.5. The summed E-state index contributed by atoms with van der Waals surface area (Å²) in [6.45, 7) is 0.347. The maximum atomic E-state index is 13.6. The summed E-state index contributed by atoms with van der Waals surface area (Å²) in [5, 5.41) is 9.85. The van der Waals surface area contributed by atoms with E-state index in [1.54, 1.807) is 29.0 Å². The van der Waals surface area contributed by atoms with Crippen LogP contribution in [-0.4, -0.2) is 14.1 Å². The Labute approximate surface area is 206 Å². The number of benzene rings is 2. The molecule has 0 N–H and O–H groups in total. The molecule has 0 unspecified atom stereocenters. The van der Waals surface area contributed by atoms with Crippen LogP contribution in [0.3, 0.4) is 0 Å². The van der Waals surface area contributed by atoms with Crippen LogP contribution in [0.1, 0.15) is 16.9 Å². The minimum atomic E-state index is -0.400. The van der Waals surface area contributed by atoms with E-state index < -0.39 is 5.82 Å². The molecule has 0 saturated heterocycles. The predicted molar refractivity (Wildman–Crippen MR) is 133 cm³/mol. The van der Waals surface area contributed by atoms with Crippen molar-refractivity contribution in [3.8, 4) is 11.8 Å². The Morgan fingerprint density at radius 2 is 1.94 bits per heavy atom. The number of halogens is 1. The maximum Gasteiger partial charge on any atom is 0.278 e. The fourth-order valence-electron chi connectivity index (χ4n) is 3.49. The first-order valence-corrected chi connectivity index (χ1v) is 12.3. The molecule has 10 heteroatoms. The molecule has 6 nitrogen and oxygen atoms in total. The number of fused-ring (bicyclic) bond motifs is 1. The van der Waals surface area contributed by atoms with Crippen LogP contribution in [0.15, 0.2) is 81.3 Å². The van der Waals surface area contributed by atoms with Crippen molar-refractivity contribution in [3.05, 3.63) is 104 Å². The topological polar surface area (TPSA) is 76.8 Å². The second-order valence-electron chi connectivity index (χ2n) is 7.26. The molecule has 0 aliphatic rings. The lowest BCUT2D eigenvalue weighted by molar-refractivity contribution is 0.495. The standard InChI is InChI=1S/C24H15FN4O2S3/c25-17-7-9-18(10-8-17)29-22(30)20-21(28(24(32)34-20)13-19-6-3-11-31-19)27-23(29)33-14-16-5-2-1-4-15(16)12-26/h1-11H,13-14H2. The predicted octanol–water partition coefficient (Wildman–Crippen LogP) is 5.92. The number of thiazole rings is 1. The van der Waals surface area contributed by atoms with Gasteiger partial charge in [0, 0.05) is 5.75 Å². The van der Waals surface area contributed by atoms with Crippen LogP contribution in [0, 0.1) is 21.1 Å². The third-order valence-corrected chi connectivity index (χ3v) is 7.55. The molecule has 34 heavy (non-hydrogen) atoms. The van der Waals surface area contributed by atoms with E-state index in [1.165, 1.54) is 51.9 Å². The number of hydrogen-bond donors (Lipinski definition) is 0. The summed E-state index contributed by atoms with van der Waals surface area (Å²) in [6.07, 6.45) is 1.58. The van der Waals surface area contributed by atoms with Gasteiger partial charge in [-0.2, -0.15) is 5.26 Å². The number of aromatic nitrogens is 3. The van der Waals surface area contributed by atoms with Gasteiger partial charge in [-0.15, -0.1) is 0 Å². The minimum Gasteiger partial charge on any atom is -0.467 e. The average molecular weight is 507 g/mol. The first kappa shape index (κ1) is 22.3. The summed E-state index contributed by atoms with van der Waals surface area (Å²) < 4.78 is 23.2. The SMILES string of the molecule is N#Cc1ccccc1CSc1nc2c(sc(=S)n2Cc2ccco2)c(=O)n1-c1ccc(F)cc1. The molecule has 0 saturated carbocycles. The van der Waals surface area contributed by atoms with E-state index in [0.29, 0.717) is 48.8 Å². The van der Waals surface area contributed by atoms with E-state index in [-0.39, 0.29) is 5.56 Å². The van der Waals surface area contributed by atoms with Crippen molar-refractivity contribution in [3.63, 3.8) is 0 Å². The Bertz CT molecular complexity index is 1650. The molecular formula is C24H15FN4O2S3. The van der Waals surface area contributed by atoms with Crippen molar-refractivity contribution in [1.82, 2.24) is 14.1 Å². The molecule has 0 aliphatic carbocycles. The van der Waals surface area contributed by atoms with Crippen LogP contribution < -0.4 is 5.56 Å². The molecule has 0 amide bonds. The second-order valence-corrected chi connectivity index (χ2v) is 9.84. The quantitative estimate of drug-likeness (QED) is 0.162. The Morgan fingerprint density at radius 1 is 1.15 bits per heavy atom. The molecule has 0 atom stereocenters. The molecule has 3 heterocycles. The van der Waals surface area contributed by atoms with Crippen LogP contribution in [0.25, 0.3) is 16.0 Å². The van der Waals surface area contributed by atoms with Crippen molar-refractivity contribution in [2.75, 3.05) is 0 Å². The number of rotatable bonds is 6. The Morgan fingerprint density at radius 3 is 2.68 bits per heavy atom. The maximum absolute atomic E-state index is 13.6. The first-order valence-electron chi connectivity index (χ1n) is 10.1. The van der Waals surface area contributed by atoms with E-state index in [1.807, 2.05) is 18.2 Å². The van der Waals surface area contributed by atoms with Gasteiger partial charge in [0.1, 0.15) is 16.3 Å². The van der Waals surface area contributed by atoms with Crippen molar-refractivity contribution in [2.45, 2.75) is 17.5 Å². The van der Waals surface area contributed by atoms with Gasteiger partial charge in [-0.3, -0.25) is 13.9 Å². The highest BCUT2D eigenvalue weighted by Crippen LogP contribution is 2.28. The number of hydrogen-bond acceptors (Lipinski definition) is 7. The molecule has 5 aromatic rings. The van der Waals surface area contributed by atoms with E-state index in [4.69, 9.17) is 21.6 Å². The Balaban J connectivity index is 1.67. The van der Waals surface area contributed by atoms with Gasteiger partial charge in [0.15, 0.2) is 14.8 Å². The highest BCUT2D eigenvalue weighted by molar-refractivity contribution is 7.98. The van der Waals surface area contributed by atoms with Crippen LogP contribution in [0.5, 0.6) is 0 Å². The van der Waals surface area contributed by atoms with Crippen LogP contribution in [0.2, 0.25) is 0 Å². The molecule has 168 valence electrons. The van der Waals surface area contributed by atoms with Crippen molar-refractivity contribution < 1.29 is 8.81 Å². The third kappa shape index (κ3) is 4.21. The van der Waals surface area contributed by atoms with E-state index >= 15 is 0 Å². The number of nitrogens with zero attached hydrogens (tertiary/aromatic N) is 4. The van der Waals surface area contributed by atoms with Crippen molar-refractivity contribution >= 4 is 45.7 Å². The summed E-state index contributed by atoms with van der Waals surface area (Å²) in [6, 6.07) is 18.8. The zero-order valence-electron chi connectivity index (χ0n) is 17.5. The molecule has 2 aromatic carbocycles. The smallest absolute Gasteiger partial charge is 0.278 e. The summed E-state index contributed by atoms with van der Waals surface area (Å²) in [5.41, 5.74) is 2.05. The number of thioether (sulfide) groups is 1. The van der Waals surface area contributed by atoms with Gasteiger partial charge in [0.05, 0.1) is 30.1 Å². The summed E-state index contributed by atoms with van der Waals surface area (Å²) >= 11 is 8.05. The fraction of sp³-hybridized carbons (Fsp3) is 0.0833. The third-order valence-electron chi connectivity index (χ3n) is 5.13. The van der Waals surface area contributed by atoms with E-state index in [9.17, 15) is 14.4 Å². The van der Waals surface area contributed by atoms with Crippen LogP contribution in [0.4, 0.5) is 4.39 Å². The summed E-state index contributed by atoms with van der Waals surface area (Å²) in [7, 11) is 0. The van der Waals surface area contributed by atoms with Crippen LogP contribution >= 0.6 is 35.3 Å². The molecule has 5 rings (SSSR count). The van der Waals surface area contributed by atoms with Gasteiger partial charge in [-0.1, -0.05) is 41.3 Å². The van der Waals surface area contributed by atoms with Gasteiger partial charge < -0.3 is 4.42 Å². The van der Waals surface area contributed by atoms with Gasteiger partial charge in [-0.05, 0) is 60.2 Å². The van der Waals surface area contributed by atoms with Crippen LogP contribution in [-0.2, 0) is 12.3 Å². The van der Waals surface area contributed by atoms with Gasteiger partial charge >= 0.3 is 0 Å². The lowest BCUT2D eigenvalue weighted by atomic mass is 10.1. The zero-order valence-corrected chi connectivity index (χ0v) is 19.9. The molecular weight excluding hydrogens is 491 g/mol.